The van der Waals surface area contributed by atoms with Gasteiger partial charge < -0.3 is 9.88 Å². The van der Waals surface area contributed by atoms with E-state index in [1.165, 1.54) is 0 Å². The van der Waals surface area contributed by atoms with Gasteiger partial charge in [-0.3, -0.25) is 9.48 Å². The molecule has 4 aromatic rings. The van der Waals surface area contributed by atoms with Gasteiger partial charge in [0.2, 0.25) is 0 Å². The Labute approximate surface area is 165 Å². The van der Waals surface area contributed by atoms with Gasteiger partial charge in [-0.05, 0) is 42.5 Å². The zero-order valence-corrected chi connectivity index (χ0v) is 15.9. The summed E-state index contributed by atoms with van der Waals surface area (Å²) in [7, 11) is 1.96. The maximum Gasteiger partial charge on any atom is 0.257 e. The lowest BCUT2D eigenvalue weighted by atomic mass is 10.2. The van der Waals surface area contributed by atoms with E-state index >= 15 is 0 Å². The number of rotatable bonds is 4. The van der Waals surface area contributed by atoms with E-state index in [0.29, 0.717) is 27.8 Å². The summed E-state index contributed by atoms with van der Waals surface area (Å²) in [6.45, 7) is 0.570. The second kappa shape index (κ2) is 7.06. The van der Waals surface area contributed by atoms with Crippen molar-refractivity contribution < 1.29 is 4.79 Å². The molecule has 0 aliphatic carbocycles. The Kier molecular flexibility index (Phi) is 4.59. The molecule has 0 aliphatic rings. The topological polar surface area (TPSA) is 64.7 Å². The fourth-order valence-corrected chi connectivity index (χ4v) is 3.37. The molecule has 8 heteroatoms. The van der Waals surface area contributed by atoms with E-state index < -0.39 is 0 Å². The second-order valence-electron chi connectivity index (χ2n) is 6.07. The number of nitrogens with one attached hydrogen (secondary N) is 1. The lowest BCUT2D eigenvalue weighted by Gasteiger charge is -2.07. The Balaban J connectivity index is 1.60. The number of benzene rings is 2. The molecule has 0 radical (unpaired) electrons. The molecule has 2 aromatic heterocycles. The van der Waals surface area contributed by atoms with E-state index in [1.807, 2.05) is 46.8 Å². The first-order valence-corrected chi connectivity index (χ1v) is 8.96. The summed E-state index contributed by atoms with van der Waals surface area (Å²) in [5.74, 6) is 0.571. The highest BCUT2D eigenvalue weighted by atomic mass is 35.5. The predicted molar refractivity (Wildman–Crippen MR) is 106 cm³/mol. The summed E-state index contributed by atoms with van der Waals surface area (Å²) in [6, 6.07) is 12.2. The Morgan fingerprint density at radius 3 is 2.78 bits per heavy atom. The highest BCUT2D eigenvalue weighted by molar-refractivity contribution is 6.37. The SMILES string of the molecule is Cn1c(Cn2cccn2)nc2cc(NC(=O)c3ccc(Cl)cc3Cl)ccc21. The molecule has 2 heterocycles. The molecule has 1 amide bonds. The number of anilines is 1. The smallest absolute Gasteiger partial charge is 0.257 e. The minimum atomic E-state index is -0.302. The van der Waals surface area contributed by atoms with E-state index in [4.69, 9.17) is 23.2 Å². The zero-order chi connectivity index (χ0) is 19.0. The van der Waals surface area contributed by atoms with E-state index in [2.05, 4.69) is 15.4 Å². The van der Waals surface area contributed by atoms with Gasteiger partial charge in [-0.2, -0.15) is 5.10 Å². The number of hydrogen-bond acceptors (Lipinski definition) is 3. The molecule has 0 fully saturated rings. The van der Waals surface area contributed by atoms with Crippen LogP contribution < -0.4 is 5.32 Å². The number of carbonyl (C=O) groups excluding carboxylic acids is 1. The van der Waals surface area contributed by atoms with E-state index in [1.54, 1.807) is 24.4 Å². The van der Waals surface area contributed by atoms with Crippen molar-refractivity contribution in [1.29, 1.82) is 0 Å². The fraction of sp³-hybridized carbons (Fsp3) is 0.105. The van der Waals surface area contributed by atoms with Crippen molar-refractivity contribution in [2.45, 2.75) is 6.54 Å². The monoisotopic (exact) mass is 399 g/mol. The second-order valence-corrected chi connectivity index (χ2v) is 6.92. The molecule has 1 N–H and O–H groups in total. The standard InChI is InChI=1S/C19H15Cl2N5O/c1-25-17-6-4-13(23-19(27)14-5-3-12(20)9-15(14)21)10-16(17)24-18(25)11-26-8-2-7-22-26/h2-10H,11H2,1H3,(H,23,27). The van der Waals surface area contributed by atoms with Gasteiger partial charge in [-0.1, -0.05) is 23.2 Å². The van der Waals surface area contributed by atoms with Gasteiger partial charge >= 0.3 is 0 Å². The first kappa shape index (κ1) is 17.6. The predicted octanol–water partition coefficient (Wildman–Crippen LogP) is 4.38. The minimum absolute atomic E-state index is 0.302. The Hall–Kier alpha value is -2.83. The van der Waals surface area contributed by atoms with Crippen molar-refractivity contribution in [2.24, 2.45) is 7.05 Å². The van der Waals surface area contributed by atoms with Gasteiger partial charge in [-0.25, -0.2) is 4.98 Å². The van der Waals surface area contributed by atoms with E-state index in [0.717, 1.165) is 16.9 Å². The summed E-state index contributed by atoms with van der Waals surface area (Å²) >= 11 is 12.0. The molecule has 0 bridgehead atoms. The van der Waals surface area contributed by atoms with Crippen molar-refractivity contribution in [3.05, 3.63) is 76.3 Å². The lowest BCUT2D eigenvalue weighted by Crippen LogP contribution is -2.12. The minimum Gasteiger partial charge on any atom is -0.330 e. The first-order chi connectivity index (χ1) is 13.0. The first-order valence-electron chi connectivity index (χ1n) is 8.20. The van der Waals surface area contributed by atoms with Gasteiger partial charge in [0, 0.05) is 30.2 Å². The normalized spacial score (nSPS) is 11.1. The summed E-state index contributed by atoms with van der Waals surface area (Å²) in [5, 5.41) is 7.85. The zero-order valence-electron chi connectivity index (χ0n) is 14.4. The number of amides is 1. The number of carbonyl (C=O) groups is 1. The molecule has 27 heavy (non-hydrogen) atoms. The Morgan fingerprint density at radius 2 is 2.04 bits per heavy atom. The van der Waals surface area contributed by atoms with Crippen molar-refractivity contribution in [3.63, 3.8) is 0 Å². The maximum atomic E-state index is 12.5. The van der Waals surface area contributed by atoms with Crippen molar-refractivity contribution in [2.75, 3.05) is 5.32 Å². The van der Waals surface area contributed by atoms with Crippen LogP contribution in [0.3, 0.4) is 0 Å². The summed E-state index contributed by atoms with van der Waals surface area (Å²) in [5.41, 5.74) is 2.77. The van der Waals surface area contributed by atoms with Crippen LogP contribution in [0.4, 0.5) is 5.69 Å². The quantitative estimate of drug-likeness (QED) is 0.553. The molecule has 0 unspecified atom stereocenters. The van der Waals surface area contributed by atoms with Crippen LogP contribution in [0.2, 0.25) is 10.0 Å². The molecular weight excluding hydrogens is 385 g/mol. The van der Waals surface area contributed by atoms with Crippen LogP contribution in [0, 0.1) is 0 Å². The molecular formula is C19H15Cl2N5O. The highest BCUT2D eigenvalue weighted by Crippen LogP contribution is 2.24. The van der Waals surface area contributed by atoms with Crippen LogP contribution in [0.15, 0.2) is 54.9 Å². The molecule has 0 saturated heterocycles. The molecule has 6 nitrogen and oxygen atoms in total. The molecule has 4 rings (SSSR count). The number of fused-ring (bicyclic) bond motifs is 1. The third kappa shape index (κ3) is 3.54. The molecule has 0 saturated carbocycles. The van der Waals surface area contributed by atoms with Gasteiger partial charge in [-0.15, -0.1) is 0 Å². The van der Waals surface area contributed by atoms with Gasteiger partial charge in [0.25, 0.3) is 5.91 Å². The average Bonchev–Trinajstić information content (AvgIpc) is 3.23. The largest absolute Gasteiger partial charge is 0.330 e. The number of halogens is 2. The Morgan fingerprint density at radius 1 is 1.19 bits per heavy atom. The summed E-state index contributed by atoms with van der Waals surface area (Å²) in [6.07, 6.45) is 3.62. The van der Waals surface area contributed by atoms with Crippen LogP contribution in [-0.4, -0.2) is 25.2 Å². The highest BCUT2D eigenvalue weighted by Gasteiger charge is 2.13. The van der Waals surface area contributed by atoms with Gasteiger partial charge in [0.15, 0.2) is 0 Å². The Bertz CT molecular complexity index is 1130. The molecule has 2 aromatic carbocycles. The van der Waals surface area contributed by atoms with Crippen LogP contribution in [0.25, 0.3) is 11.0 Å². The third-order valence-electron chi connectivity index (χ3n) is 4.27. The fourth-order valence-electron chi connectivity index (χ4n) is 2.88. The maximum absolute atomic E-state index is 12.5. The molecule has 0 atom stereocenters. The van der Waals surface area contributed by atoms with E-state index in [-0.39, 0.29) is 5.91 Å². The number of hydrogen-bond donors (Lipinski definition) is 1. The summed E-state index contributed by atoms with van der Waals surface area (Å²) < 4.78 is 3.82. The van der Waals surface area contributed by atoms with Crippen LogP contribution >= 0.6 is 23.2 Å². The van der Waals surface area contributed by atoms with Crippen molar-refractivity contribution >= 4 is 45.8 Å². The molecule has 136 valence electrons. The van der Waals surface area contributed by atoms with Crippen molar-refractivity contribution in [3.8, 4) is 0 Å². The van der Waals surface area contributed by atoms with Crippen LogP contribution in [0.5, 0.6) is 0 Å². The lowest BCUT2D eigenvalue weighted by molar-refractivity contribution is 0.102. The average molecular weight is 400 g/mol. The number of nitrogens with zero attached hydrogens (tertiary/aromatic N) is 4. The number of aryl methyl sites for hydroxylation is 1. The van der Waals surface area contributed by atoms with Gasteiger partial charge in [0.1, 0.15) is 5.82 Å². The third-order valence-corrected chi connectivity index (χ3v) is 4.82. The molecule has 0 aliphatic heterocycles. The molecule has 0 spiro atoms. The van der Waals surface area contributed by atoms with Gasteiger partial charge in [0.05, 0.1) is 28.2 Å². The van der Waals surface area contributed by atoms with E-state index in [9.17, 15) is 4.79 Å². The van der Waals surface area contributed by atoms with Crippen molar-refractivity contribution in [1.82, 2.24) is 19.3 Å². The summed E-state index contributed by atoms with van der Waals surface area (Å²) in [4.78, 5) is 17.2. The van der Waals surface area contributed by atoms with Crippen LogP contribution in [-0.2, 0) is 13.6 Å². The number of aromatic nitrogens is 4. The van der Waals surface area contributed by atoms with Crippen LogP contribution in [0.1, 0.15) is 16.2 Å². The number of imidazole rings is 1.